The van der Waals surface area contributed by atoms with Gasteiger partial charge in [0.15, 0.2) is 0 Å². The van der Waals surface area contributed by atoms with Crippen molar-refractivity contribution in [2.24, 2.45) is 0 Å². The Morgan fingerprint density at radius 3 is 2.81 bits per heavy atom. The Morgan fingerprint density at radius 1 is 1.38 bits per heavy atom. The molecule has 2 aromatic rings. The number of fused-ring (bicyclic) bond motifs is 1. The van der Waals surface area contributed by atoms with Crippen LogP contribution in [0.1, 0.15) is 13.8 Å². The fourth-order valence-electron chi connectivity index (χ4n) is 1.69. The second-order valence-electron chi connectivity index (χ2n) is 4.07. The summed E-state index contributed by atoms with van der Waals surface area (Å²) in [6.07, 6.45) is 1.73. The van der Waals surface area contributed by atoms with E-state index in [1.165, 1.54) is 0 Å². The summed E-state index contributed by atoms with van der Waals surface area (Å²) in [6.45, 7) is 3.86. The summed E-state index contributed by atoms with van der Waals surface area (Å²) in [4.78, 5) is 11.9. The van der Waals surface area contributed by atoms with Crippen LogP contribution in [-0.4, -0.2) is 16.6 Å². The number of carbonyl (C=O) groups excluding carboxylic acids is 1. The second kappa shape index (κ2) is 3.89. The minimum absolute atomic E-state index is 0.117. The molecule has 0 bridgehead atoms. The van der Waals surface area contributed by atoms with E-state index in [9.17, 15) is 4.79 Å². The molecule has 0 radical (unpaired) electrons. The van der Waals surface area contributed by atoms with Crippen LogP contribution < -0.4 is 11.1 Å². The Balaban J connectivity index is 2.46. The van der Waals surface area contributed by atoms with Crippen molar-refractivity contribution in [3.63, 3.8) is 0 Å². The van der Waals surface area contributed by atoms with Crippen molar-refractivity contribution in [1.82, 2.24) is 9.88 Å². The number of rotatable bonds is 1. The zero-order valence-corrected chi connectivity index (χ0v) is 9.40. The lowest BCUT2D eigenvalue weighted by molar-refractivity contribution is 0.241. The summed E-state index contributed by atoms with van der Waals surface area (Å²) in [5, 5.41) is 3.74. The number of carbonyl (C=O) groups is 1. The third-order valence-electron chi connectivity index (χ3n) is 2.40. The van der Waals surface area contributed by atoms with E-state index in [1.54, 1.807) is 10.8 Å². The molecule has 1 amide bonds. The average molecular weight is 217 g/mol. The van der Waals surface area contributed by atoms with Crippen molar-refractivity contribution in [2.45, 2.75) is 19.9 Å². The molecule has 4 nitrogen and oxygen atoms in total. The lowest BCUT2D eigenvalue weighted by Gasteiger charge is -2.09. The Kier molecular flexibility index (Phi) is 2.56. The third kappa shape index (κ3) is 1.74. The largest absolute Gasteiger partial charge is 0.398 e. The molecule has 0 saturated carbocycles. The summed E-state index contributed by atoms with van der Waals surface area (Å²) >= 11 is 0. The number of hydrogen-bond donors (Lipinski definition) is 2. The van der Waals surface area contributed by atoms with Crippen molar-refractivity contribution >= 4 is 22.6 Å². The van der Waals surface area contributed by atoms with Gasteiger partial charge in [-0.15, -0.1) is 0 Å². The monoisotopic (exact) mass is 217 g/mol. The van der Waals surface area contributed by atoms with Gasteiger partial charge in [0.1, 0.15) is 0 Å². The number of amides is 1. The standard InChI is InChI=1S/C12H15N3O/c1-8(2)14-12(16)15-7-6-9-10(13)4-3-5-11(9)15/h3-8H,13H2,1-2H3,(H,14,16). The Bertz CT molecular complexity index is 528. The normalized spacial score (nSPS) is 10.9. The van der Waals surface area contributed by atoms with E-state index in [1.807, 2.05) is 38.1 Å². The second-order valence-corrected chi connectivity index (χ2v) is 4.07. The van der Waals surface area contributed by atoms with Crippen molar-refractivity contribution in [3.8, 4) is 0 Å². The van der Waals surface area contributed by atoms with Crippen LogP contribution in [-0.2, 0) is 0 Å². The van der Waals surface area contributed by atoms with E-state index in [4.69, 9.17) is 5.73 Å². The van der Waals surface area contributed by atoms with E-state index in [0.717, 1.165) is 10.9 Å². The summed E-state index contributed by atoms with van der Waals surface area (Å²) < 4.78 is 1.58. The lowest BCUT2D eigenvalue weighted by Crippen LogP contribution is -2.33. The number of anilines is 1. The summed E-state index contributed by atoms with van der Waals surface area (Å²) in [5.74, 6) is 0. The molecule has 84 valence electrons. The number of nitrogens with one attached hydrogen (secondary N) is 1. The number of hydrogen-bond acceptors (Lipinski definition) is 2. The van der Waals surface area contributed by atoms with Gasteiger partial charge in [-0.3, -0.25) is 4.57 Å². The number of nitrogens with two attached hydrogens (primary N) is 1. The SMILES string of the molecule is CC(C)NC(=O)n1ccc2c(N)cccc21. The highest BCUT2D eigenvalue weighted by molar-refractivity contribution is 5.97. The number of nitrogen functional groups attached to an aromatic ring is 1. The molecule has 1 heterocycles. The van der Waals surface area contributed by atoms with E-state index < -0.39 is 0 Å². The van der Waals surface area contributed by atoms with Crippen molar-refractivity contribution < 1.29 is 4.79 Å². The maximum absolute atomic E-state index is 11.9. The van der Waals surface area contributed by atoms with E-state index in [0.29, 0.717) is 5.69 Å². The van der Waals surface area contributed by atoms with Gasteiger partial charge in [0.2, 0.25) is 0 Å². The van der Waals surface area contributed by atoms with Crippen LogP contribution in [0.5, 0.6) is 0 Å². The predicted molar refractivity (Wildman–Crippen MR) is 65.4 cm³/mol. The first kappa shape index (κ1) is 10.5. The van der Waals surface area contributed by atoms with Crippen LogP contribution in [0.3, 0.4) is 0 Å². The molecule has 3 N–H and O–H groups in total. The van der Waals surface area contributed by atoms with E-state index in [2.05, 4.69) is 5.32 Å². The molecule has 16 heavy (non-hydrogen) atoms. The minimum Gasteiger partial charge on any atom is -0.398 e. The number of aromatic nitrogens is 1. The van der Waals surface area contributed by atoms with Gasteiger partial charge in [0.25, 0.3) is 0 Å². The number of benzene rings is 1. The summed E-state index contributed by atoms with van der Waals surface area (Å²) in [7, 11) is 0. The van der Waals surface area contributed by atoms with Crippen LogP contribution in [0.4, 0.5) is 10.5 Å². The predicted octanol–water partition coefficient (Wildman–Crippen LogP) is 2.19. The first-order chi connectivity index (χ1) is 7.59. The van der Waals surface area contributed by atoms with Crippen LogP contribution in [0.2, 0.25) is 0 Å². The van der Waals surface area contributed by atoms with Gasteiger partial charge in [-0.25, -0.2) is 4.79 Å². The van der Waals surface area contributed by atoms with Crippen LogP contribution in [0.15, 0.2) is 30.5 Å². The van der Waals surface area contributed by atoms with Crippen LogP contribution in [0.25, 0.3) is 10.9 Å². The summed E-state index contributed by atoms with van der Waals surface area (Å²) in [6, 6.07) is 7.39. The van der Waals surface area contributed by atoms with Crippen molar-refractivity contribution in [3.05, 3.63) is 30.5 Å². The molecule has 0 saturated heterocycles. The first-order valence-electron chi connectivity index (χ1n) is 5.26. The molecule has 0 aliphatic carbocycles. The van der Waals surface area contributed by atoms with Crippen LogP contribution in [0, 0.1) is 0 Å². The highest BCUT2D eigenvalue weighted by Gasteiger charge is 2.10. The number of nitrogens with zero attached hydrogens (tertiary/aromatic N) is 1. The highest BCUT2D eigenvalue weighted by atomic mass is 16.2. The van der Waals surface area contributed by atoms with Gasteiger partial charge in [0.05, 0.1) is 5.52 Å². The Labute approximate surface area is 94.0 Å². The maximum Gasteiger partial charge on any atom is 0.326 e. The molecule has 1 aromatic heterocycles. The quantitative estimate of drug-likeness (QED) is 0.719. The van der Waals surface area contributed by atoms with Gasteiger partial charge >= 0.3 is 6.03 Å². The molecule has 4 heteroatoms. The van der Waals surface area contributed by atoms with Gasteiger partial charge < -0.3 is 11.1 Å². The molecular formula is C12H15N3O. The van der Waals surface area contributed by atoms with Gasteiger partial charge in [-0.1, -0.05) is 6.07 Å². The topological polar surface area (TPSA) is 60.0 Å². The molecule has 0 spiro atoms. The Morgan fingerprint density at radius 2 is 2.12 bits per heavy atom. The molecular weight excluding hydrogens is 202 g/mol. The van der Waals surface area contributed by atoms with E-state index in [-0.39, 0.29) is 12.1 Å². The molecule has 1 aromatic carbocycles. The maximum atomic E-state index is 11.9. The average Bonchev–Trinajstić information content (AvgIpc) is 2.61. The molecule has 2 rings (SSSR count). The van der Waals surface area contributed by atoms with Gasteiger partial charge in [0, 0.05) is 23.3 Å². The molecule has 0 fully saturated rings. The molecule has 0 atom stereocenters. The fraction of sp³-hybridized carbons (Fsp3) is 0.250. The highest BCUT2D eigenvalue weighted by Crippen LogP contribution is 2.21. The zero-order chi connectivity index (χ0) is 11.7. The van der Waals surface area contributed by atoms with Gasteiger partial charge in [-0.05, 0) is 32.0 Å². The van der Waals surface area contributed by atoms with Crippen molar-refractivity contribution in [2.75, 3.05) is 5.73 Å². The molecule has 0 unspecified atom stereocenters. The minimum atomic E-state index is -0.129. The Hall–Kier alpha value is -1.97. The molecule has 0 aliphatic rings. The zero-order valence-electron chi connectivity index (χ0n) is 9.40. The smallest absolute Gasteiger partial charge is 0.326 e. The molecule has 0 aliphatic heterocycles. The van der Waals surface area contributed by atoms with Gasteiger partial charge in [-0.2, -0.15) is 0 Å². The first-order valence-corrected chi connectivity index (χ1v) is 5.26. The lowest BCUT2D eigenvalue weighted by atomic mass is 10.2. The third-order valence-corrected chi connectivity index (χ3v) is 2.40. The van der Waals surface area contributed by atoms with Crippen molar-refractivity contribution in [1.29, 1.82) is 0 Å². The van der Waals surface area contributed by atoms with Crippen LogP contribution >= 0.6 is 0 Å². The fourth-order valence-corrected chi connectivity index (χ4v) is 1.69. The summed E-state index contributed by atoms with van der Waals surface area (Å²) in [5.41, 5.74) is 7.35. The van der Waals surface area contributed by atoms with E-state index >= 15 is 0 Å².